The minimum atomic E-state index is -0.229. The number of imidazole rings is 1. The van der Waals surface area contributed by atoms with Crippen LogP contribution in [-0.4, -0.2) is 41.8 Å². The van der Waals surface area contributed by atoms with Crippen LogP contribution in [0.4, 0.5) is 5.95 Å². The van der Waals surface area contributed by atoms with Gasteiger partial charge in [-0.25, -0.2) is 4.98 Å². The molecule has 0 radical (unpaired) electrons. The summed E-state index contributed by atoms with van der Waals surface area (Å²) in [5.74, 6) is 0.825. The third-order valence-electron chi connectivity index (χ3n) is 2.78. The Morgan fingerprint density at radius 3 is 2.83 bits per heavy atom. The average Bonchev–Trinajstić information content (AvgIpc) is 2.79. The molecule has 0 aromatic carbocycles. The van der Waals surface area contributed by atoms with Crippen LogP contribution in [0.25, 0.3) is 5.95 Å². The van der Waals surface area contributed by atoms with Gasteiger partial charge in [-0.15, -0.1) is 0 Å². The number of hydrogen-bond donors (Lipinski definition) is 2. The largest absolute Gasteiger partial charge is 0.393 e. The van der Waals surface area contributed by atoms with Crippen molar-refractivity contribution < 1.29 is 5.11 Å². The van der Waals surface area contributed by atoms with E-state index in [0.29, 0.717) is 24.7 Å². The van der Waals surface area contributed by atoms with Gasteiger partial charge in [-0.1, -0.05) is 0 Å². The maximum atomic E-state index is 9.22. The van der Waals surface area contributed by atoms with Crippen LogP contribution >= 0.6 is 11.6 Å². The molecule has 0 aliphatic heterocycles. The summed E-state index contributed by atoms with van der Waals surface area (Å²) in [5.41, 5.74) is 0. The fourth-order valence-corrected chi connectivity index (χ4v) is 1.94. The molecule has 0 spiro atoms. The fourth-order valence-electron chi connectivity index (χ4n) is 1.79. The van der Waals surface area contributed by atoms with E-state index in [4.69, 9.17) is 11.6 Å². The highest BCUT2D eigenvalue weighted by molar-refractivity contribution is 6.28. The number of aliphatic hydroxyl groups excluding tert-OH is 1. The minimum absolute atomic E-state index is 0.121. The van der Waals surface area contributed by atoms with Crippen LogP contribution in [-0.2, 0) is 0 Å². The second-order valence-electron chi connectivity index (χ2n) is 4.16. The lowest BCUT2D eigenvalue weighted by atomic mass is 9.90. The lowest BCUT2D eigenvalue weighted by Gasteiger charge is -2.31. The third kappa shape index (κ3) is 2.27. The first kappa shape index (κ1) is 11.4. The number of rotatable bonds is 3. The van der Waals surface area contributed by atoms with Gasteiger partial charge in [0.15, 0.2) is 0 Å². The van der Waals surface area contributed by atoms with Crippen LogP contribution in [0.2, 0.25) is 5.28 Å². The standard InChI is InChI=1S/C10H11ClN6O/c11-8-14-9(13-6-3-7(18)4-6)16-10(15-8)17-2-1-12-5-17/h1-2,5-7,18H,3-4H2,(H,13,14,15,16). The molecule has 1 fully saturated rings. The van der Waals surface area contributed by atoms with E-state index < -0.39 is 0 Å². The molecular formula is C10H11ClN6O. The summed E-state index contributed by atoms with van der Waals surface area (Å²) < 4.78 is 1.65. The van der Waals surface area contributed by atoms with Crippen LogP contribution in [0.1, 0.15) is 12.8 Å². The van der Waals surface area contributed by atoms with Crippen molar-refractivity contribution >= 4 is 17.5 Å². The Morgan fingerprint density at radius 2 is 2.17 bits per heavy atom. The summed E-state index contributed by atoms with van der Waals surface area (Å²) in [7, 11) is 0. The number of nitrogens with zero attached hydrogens (tertiary/aromatic N) is 5. The predicted molar refractivity (Wildman–Crippen MR) is 64.6 cm³/mol. The summed E-state index contributed by atoms with van der Waals surface area (Å²) in [6.45, 7) is 0. The second kappa shape index (κ2) is 4.51. The Hall–Kier alpha value is -1.73. The third-order valence-corrected chi connectivity index (χ3v) is 2.95. The molecule has 94 valence electrons. The molecule has 2 aromatic rings. The Morgan fingerprint density at radius 1 is 1.33 bits per heavy atom. The quantitative estimate of drug-likeness (QED) is 0.848. The zero-order chi connectivity index (χ0) is 12.5. The topological polar surface area (TPSA) is 88.8 Å². The van der Waals surface area contributed by atoms with E-state index in [1.807, 2.05) is 0 Å². The molecule has 3 rings (SSSR count). The molecule has 7 nitrogen and oxygen atoms in total. The normalized spacial score (nSPS) is 22.6. The van der Waals surface area contributed by atoms with Gasteiger partial charge in [-0.3, -0.25) is 4.57 Å². The van der Waals surface area contributed by atoms with E-state index in [0.717, 1.165) is 0 Å². The highest BCUT2D eigenvalue weighted by atomic mass is 35.5. The average molecular weight is 267 g/mol. The number of aliphatic hydroxyl groups is 1. The van der Waals surface area contributed by atoms with Crippen molar-refractivity contribution in [2.24, 2.45) is 0 Å². The van der Waals surface area contributed by atoms with E-state index in [9.17, 15) is 5.11 Å². The van der Waals surface area contributed by atoms with E-state index in [1.54, 1.807) is 23.3 Å². The molecule has 0 bridgehead atoms. The maximum Gasteiger partial charge on any atom is 0.241 e. The summed E-state index contributed by atoms with van der Waals surface area (Å²) in [6, 6.07) is 0.189. The van der Waals surface area contributed by atoms with Crippen molar-refractivity contribution in [1.82, 2.24) is 24.5 Å². The van der Waals surface area contributed by atoms with Crippen molar-refractivity contribution in [2.45, 2.75) is 25.0 Å². The number of nitrogens with one attached hydrogen (secondary N) is 1. The van der Waals surface area contributed by atoms with Crippen molar-refractivity contribution in [3.63, 3.8) is 0 Å². The Labute approximate surface area is 108 Å². The first-order chi connectivity index (χ1) is 8.70. The van der Waals surface area contributed by atoms with Crippen molar-refractivity contribution in [3.05, 3.63) is 24.0 Å². The van der Waals surface area contributed by atoms with Crippen LogP contribution in [0, 0.1) is 0 Å². The van der Waals surface area contributed by atoms with E-state index in [1.165, 1.54) is 0 Å². The van der Waals surface area contributed by atoms with Gasteiger partial charge >= 0.3 is 0 Å². The van der Waals surface area contributed by atoms with Crippen molar-refractivity contribution in [2.75, 3.05) is 5.32 Å². The minimum Gasteiger partial charge on any atom is -0.393 e. The van der Waals surface area contributed by atoms with Gasteiger partial charge in [0.25, 0.3) is 0 Å². The SMILES string of the molecule is OC1CC(Nc2nc(Cl)nc(-n3ccnc3)n2)C1. The zero-order valence-corrected chi connectivity index (χ0v) is 10.1. The van der Waals surface area contributed by atoms with Crippen LogP contribution in [0.3, 0.4) is 0 Å². The highest BCUT2D eigenvalue weighted by Crippen LogP contribution is 2.23. The van der Waals surface area contributed by atoms with Gasteiger partial charge in [-0.2, -0.15) is 15.0 Å². The smallest absolute Gasteiger partial charge is 0.241 e. The molecule has 18 heavy (non-hydrogen) atoms. The lowest BCUT2D eigenvalue weighted by molar-refractivity contribution is 0.0834. The molecule has 1 aliphatic carbocycles. The molecule has 2 N–H and O–H groups in total. The first-order valence-electron chi connectivity index (χ1n) is 5.55. The molecule has 2 heterocycles. The van der Waals surface area contributed by atoms with E-state index >= 15 is 0 Å². The Bertz CT molecular complexity index is 539. The molecule has 0 saturated heterocycles. The van der Waals surface area contributed by atoms with Gasteiger partial charge in [0, 0.05) is 18.4 Å². The van der Waals surface area contributed by atoms with Crippen LogP contribution < -0.4 is 5.32 Å². The molecule has 2 aromatic heterocycles. The lowest BCUT2D eigenvalue weighted by Crippen LogP contribution is -2.39. The fraction of sp³-hybridized carbons (Fsp3) is 0.400. The van der Waals surface area contributed by atoms with Crippen LogP contribution in [0.15, 0.2) is 18.7 Å². The van der Waals surface area contributed by atoms with Crippen LogP contribution in [0.5, 0.6) is 0 Å². The molecule has 8 heteroatoms. The highest BCUT2D eigenvalue weighted by Gasteiger charge is 2.27. The first-order valence-corrected chi connectivity index (χ1v) is 5.93. The number of aromatic nitrogens is 5. The summed E-state index contributed by atoms with van der Waals surface area (Å²) in [5, 5.41) is 12.5. The van der Waals surface area contributed by atoms with Crippen molar-refractivity contribution in [3.8, 4) is 5.95 Å². The number of hydrogen-bond acceptors (Lipinski definition) is 6. The number of halogens is 1. The zero-order valence-electron chi connectivity index (χ0n) is 9.36. The second-order valence-corrected chi connectivity index (χ2v) is 4.50. The molecule has 1 saturated carbocycles. The molecule has 0 unspecified atom stereocenters. The summed E-state index contributed by atoms with van der Waals surface area (Å²) in [4.78, 5) is 16.2. The predicted octanol–water partition coefficient (Wildman–Crippen LogP) is 0.646. The summed E-state index contributed by atoms with van der Waals surface area (Å²) >= 11 is 5.85. The molecule has 1 aliphatic rings. The van der Waals surface area contributed by atoms with Gasteiger partial charge < -0.3 is 10.4 Å². The van der Waals surface area contributed by atoms with Crippen molar-refractivity contribution in [1.29, 1.82) is 0 Å². The van der Waals surface area contributed by atoms with Gasteiger partial charge in [0.05, 0.1) is 6.10 Å². The Kier molecular flexibility index (Phi) is 2.85. The number of anilines is 1. The molecule has 0 atom stereocenters. The van der Waals surface area contributed by atoms with Gasteiger partial charge in [0.2, 0.25) is 17.2 Å². The molecular weight excluding hydrogens is 256 g/mol. The maximum absolute atomic E-state index is 9.22. The summed E-state index contributed by atoms with van der Waals surface area (Å²) in [6.07, 6.45) is 6.11. The monoisotopic (exact) mass is 266 g/mol. The van der Waals surface area contributed by atoms with E-state index in [-0.39, 0.29) is 17.4 Å². The molecule has 0 amide bonds. The van der Waals surface area contributed by atoms with Gasteiger partial charge in [-0.05, 0) is 24.4 Å². The van der Waals surface area contributed by atoms with E-state index in [2.05, 4.69) is 25.3 Å². The van der Waals surface area contributed by atoms with Gasteiger partial charge in [0.1, 0.15) is 6.33 Å². The Balaban J connectivity index is 1.82.